The summed E-state index contributed by atoms with van der Waals surface area (Å²) in [4.78, 5) is 36.3. The number of ether oxygens (including phenoxy) is 1. The molecular formula is C15H15ClN4O3. The SMILES string of the molecule is O=C(c1ccc[nH]c1=O)N1CCCC(Oc2ncc(Cl)cn2)C1. The first-order chi connectivity index (χ1) is 11.1. The van der Waals surface area contributed by atoms with Crippen molar-refractivity contribution in [3.63, 3.8) is 0 Å². The highest BCUT2D eigenvalue weighted by Gasteiger charge is 2.27. The van der Waals surface area contributed by atoms with Gasteiger partial charge in [-0.2, -0.15) is 0 Å². The van der Waals surface area contributed by atoms with Gasteiger partial charge in [0.25, 0.3) is 11.5 Å². The highest BCUT2D eigenvalue weighted by molar-refractivity contribution is 6.30. The van der Waals surface area contributed by atoms with Crippen LogP contribution in [0.2, 0.25) is 5.02 Å². The van der Waals surface area contributed by atoms with E-state index in [1.54, 1.807) is 11.0 Å². The lowest BCUT2D eigenvalue weighted by atomic mass is 10.1. The molecule has 3 rings (SSSR count). The third-order valence-electron chi connectivity index (χ3n) is 3.58. The lowest BCUT2D eigenvalue weighted by Crippen LogP contribution is -2.45. The number of carbonyl (C=O) groups excluding carboxylic acids is 1. The Hall–Kier alpha value is -2.41. The average Bonchev–Trinajstić information content (AvgIpc) is 2.57. The molecule has 7 nitrogen and oxygen atoms in total. The third-order valence-corrected chi connectivity index (χ3v) is 3.78. The van der Waals surface area contributed by atoms with Crippen LogP contribution in [0.3, 0.4) is 0 Å². The summed E-state index contributed by atoms with van der Waals surface area (Å²) in [5, 5.41) is 0.432. The van der Waals surface area contributed by atoms with Crippen LogP contribution in [0.5, 0.6) is 6.01 Å². The van der Waals surface area contributed by atoms with Crippen molar-refractivity contribution in [1.29, 1.82) is 0 Å². The normalized spacial score (nSPS) is 17.8. The van der Waals surface area contributed by atoms with Gasteiger partial charge in [0.2, 0.25) is 0 Å². The van der Waals surface area contributed by atoms with E-state index in [-0.39, 0.29) is 29.1 Å². The van der Waals surface area contributed by atoms with Gasteiger partial charge in [0.15, 0.2) is 0 Å². The molecule has 2 aromatic rings. The van der Waals surface area contributed by atoms with Gasteiger partial charge >= 0.3 is 6.01 Å². The van der Waals surface area contributed by atoms with E-state index in [2.05, 4.69) is 15.0 Å². The predicted octanol–water partition coefficient (Wildman–Crippen LogP) is 1.50. The molecule has 0 saturated carbocycles. The van der Waals surface area contributed by atoms with E-state index in [4.69, 9.17) is 16.3 Å². The van der Waals surface area contributed by atoms with Gasteiger partial charge in [-0.3, -0.25) is 9.59 Å². The second-order valence-corrected chi connectivity index (χ2v) is 5.67. The molecular weight excluding hydrogens is 320 g/mol. The van der Waals surface area contributed by atoms with Gasteiger partial charge in [-0.15, -0.1) is 0 Å². The molecule has 1 aliphatic heterocycles. The molecule has 0 spiro atoms. The van der Waals surface area contributed by atoms with E-state index >= 15 is 0 Å². The van der Waals surface area contributed by atoms with Crippen LogP contribution in [-0.2, 0) is 0 Å². The first-order valence-corrected chi connectivity index (χ1v) is 7.62. The summed E-state index contributed by atoms with van der Waals surface area (Å²) in [6, 6.07) is 3.38. The smallest absolute Gasteiger partial charge is 0.316 e. The highest BCUT2D eigenvalue weighted by Crippen LogP contribution is 2.17. The van der Waals surface area contributed by atoms with Gasteiger partial charge < -0.3 is 14.6 Å². The van der Waals surface area contributed by atoms with Crippen LogP contribution in [0.15, 0.2) is 35.5 Å². The van der Waals surface area contributed by atoms with Crippen molar-refractivity contribution in [3.8, 4) is 6.01 Å². The summed E-state index contributed by atoms with van der Waals surface area (Å²) in [5.74, 6) is -0.294. The summed E-state index contributed by atoms with van der Waals surface area (Å²) < 4.78 is 5.70. The molecule has 0 aromatic carbocycles. The van der Waals surface area contributed by atoms with Crippen LogP contribution in [0.1, 0.15) is 23.2 Å². The minimum Gasteiger partial charge on any atom is -0.458 e. The molecule has 1 fully saturated rings. The van der Waals surface area contributed by atoms with Crippen molar-refractivity contribution in [1.82, 2.24) is 19.9 Å². The molecule has 23 heavy (non-hydrogen) atoms. The fraction of sp³-hybridized carbons (Fsp3) is 0.333. The number of piperidine rings is 1. The summed E-state index contributed by atoms with van der Waals surface area (Å²) in [6.45, 7) is 0.980. The Bertz CT molecular complexity index is 747. The molecule has 0 radical (unpaired) electrons. The number of pyridine rings is 1. The second-order valence-electron chi connectivity index (χ2n) is 5.23. The molecule has 1 N–H and O–H groups in total. The van der Waals surface area contributed by atoms with Crippen molar-refractivity contribution in [2.45, 2.75) is 18.9 Å². The molecule has 0 bridgehead atoms. The molecule has 1 unspecified atom stereocenters. The number of hydrogen-bond donors (Lipinski definition) is 1. The zero-order valence-corrected chi connectivity index (χ0v) is 13.0. The number of nitrogens with zero attached hydrogens (tertiary/aromatic N) is 3. The van der Waals surface area contributed by atoms with Gasteiger partial charge in [0, 0.05) is 12.7 Å². The summed E-state index contributed by atoms with van der Waals surface area (Å²) in [5.41, 5.74) is -0.252. The van der Waals surface area contributed by atoms with Crippen molar-refractivity contribution in [3.05, 3.63) is 51.7 Å². The van der Waals surface area contributed by atoms with E-state index in [0.29, 0.717) is 18.1 Å². The van der Waals surface area contributed by atoms with Gasteiger partial charge in [0.05, 0.1) is 24.0 Å². The number of hydrogen-bond acceptors (Lipinski definition) is 5. The number of aromatic amines is 1. The summed E-state index contributed by atoms with van der Waals surface area (Å²) in [7, 11) is 0. The van der Waals surface area contributed by atoms with Crippen LogP contribution in [0.4, 0.5) is 0 Å². The van der Waals surface area contributed by atoms with Crippen molar-refractivity contribution in [2.24, 2.45) is 0 Å². The van der Waals surface area contributed by atoms with E-state index in [1.807, 2.05) is 0 Å². The molecule has 1 atom stereocenters. The first-order valence-electron chi connectivity index (χ1n) is 7.24. The van der Waals surface area contributed by atoms with Crippen molar-refractivity contribution >= 4 is 17.5 Å². The topological polar surface area (TPSA) is 88.2 Å². The lowest BCUT2D eigenvalue weighted by molar-refractivity contribution is 0.0514. The minimum atomic E-state index is -0.387. The molecule has 1 aliphatic rings. The Balaban J connectivity index is 1.68. The van der Waals surface area contributed by atoms with Gasteiger partial charge in [-0.25, -0.2) is 9.97 Å². The number of carbonyl (C=O) groups is 1. The van der Waals surface area contributed by atoms with Crippen LogP contribution < -0.4 is 10.3 Å². The van der Waals surface area contributed by atoms with Gasteiger partial charge in [0.1, 0.15) is 11.7 Å². The number of aromatic nitrogens is 3. The molecule has 1 saturated heterocycles. The Morgan fingerprint density at radius 1 is 1.39 bits per heavy atom. The van der Waals surface area contributed by atoms with Crippen LogP contribution >= 0.6 is 11.6 Å². The fourth-order valence-electron chi connectivity index (χ4n) is 2.49. The maximum Gasteiger partial charge on any atom is 0.316 e. The molecule has 8 heteroatoms. The maximum atomic E-state index is 12.5. The van der Waals surface area contributed by atoms with Gasteiger partial charge in [-0.1, -0.05) is 11.6 Å². The quantitative estimate of drug-likeness (QED) is 0.919. The van der Waals surface area contributed by atoms with E-state index in [1.165, 1.54) is 24.7 Å². The monoisotopic (exact) mass is 334 g/mol. The fourth-order valence-corrected chi connectivity index (χ4v) is 2.59. The standard InChI is InChI=1S/C15H15ClN4O3/c16-10-7-18-15(19-8-10)23-11-3-2-6-20(9-11)14(22)12-4-1-5-17-13(12)21/h1,4-5,7-8,11H,2-3,6,9H2,(H,17,21). The molecule has 1 amide bonds. The van der Waals surface area contributed by atoms with Crippen molar-refractivity contribution < 1.29 is 9.53 Å². The number of H-pyrrole nitrogens is 1. The Morgan fingerprint density at radius 2 is 2.17 bits per heavy atom. The minimum absolute atomic E-state index is 0.135. The second kappa shape index (κ2) is 6.78. The number of rotatable bonds is 3. The number of likely N-dealkylation sites (tertiary alicyclic amines) is 1. The van der Waals surface area contributed by atoms with Crippen LogP contribution in [0.25, 0.3) is 0 Å². The predicted molar refractivity (Wildman–Crippen MR) is 83.7 cm³/mol. The van der Waals surface area contributed by atoms with E-state index in [0.717, 1.165) is 12.8 Å². The molecule has 120 valence electrons. The Morgan fingerprint density at radius 3 is 2.91 bits per heavy atom. The lowest BCUT2D eigenvalue weighted by Gasteiger charge is -2.32. The van der Waals surface area contributed by atoms with Crippen molar-refractivity contribution in [2.75, 3.05) is 13.1 Å². The highest BCUT2D eigenvalue weighted by atomic mass is 35.5. The molecule has 2 aromatic heterocycles. The van der Waals surface area contributed by atoms with E-state index in [9.17, 15) is 9.59 Å². The number of amides is 1. The summed E-state index contributed by atoms with van der Waals surface area (Å²) in [6.07, 6.45) is 5.78. The number of halogens is 1. The average molecular weight is 335 g/mol. The molecule has 0 aliphatic carbocycles. The summed E-state index contributed by atoms with van der Waals surface area (Å²) >= 11 is 5.74. The third kappa shape index (κ3) is 3.68. The number of nitrogens with one attached hydrogen (secondary N) is 1. The van der Waals surface area contributed by atoms with Crippen LogP contribution in [-0.4, -0.2) is 45.0 Å². The Kier molecular flexibility index (Phi) is 4.57. The Labute approximate surface area is 137 Å². The molecule has 3 heterocycles. The van der Waals surface area contributed by atoms with Crippen LogP contribution in [0, 0.1) is 0 Å². The van der Waals surface area contributed by atoms with E-state index < -0.39 is 0 Å². The zero-order valence-electron chi connectivity index (χ0n) is 12.2. The first kappa shape index (κ1) is 15.5. The largest absolute Gasteiger partial charge is 0.458 e. The van der Waals surface area contributed by atoms with Gasteiger partial charge in [-0.05, 0) is 25.0 Å². The maximum absolute atomic E-state index is 12.5. The zero-order chi connectivity index (χ0) is 16.2.